The number of nitrogens with zero attached hydrogens (tertiary/aromatic N) is 2. The van der Waals surface area contributed by atoms with Crippen LogP contribution in [-0.4, -0.2) is 49.1 Å². The van der Waals surface area contributed by atoms with Crippen LogP contribution in [0.5, 0.6) is 0 Å². The van der Waals surface area contributed by atoms with Crippen molar-refractivity contribution in [2.75, 3.05) is 26.2 Å². The predicted octanol–water partition coefficient (Wildman–Crippen LogP) is 0.551. The van der Waals surface area contributed by atoms with E-state index in [1.54, 1.807) is 8.61 Å². The van der Waals surface area contributed by atoms with Crippen molar-refractivity contribution in [1.29, 1.82) is 0 Å². The maximum absolute atomic E-state index is 12.6. The van der Waals surface area contributed by atoms with Crippen molar-refractivity contribution in [2.24, 2.45) is 17.6 Å². The summed E-state index contributed by atoms with van der Waals surface area (Å²) in [6.45, 7) is 4.37. The van der Waals surface area contributed by atoms with Crippen LogP contribution < -0.4 is 5.73 Å². The fourth-order valence-electron chi connectivity index (χ4n) is 3.15. The summed E-state index contributed by atoms with van der Waals surface area (Å²) < 4.78 is 28.3. The monoisotopic (exact) mass is 303 g/mol. The lowest BCUT2D eigenvalue weighted by Gasteiger charge is -2.37. The molecular weight excluding hydrogens is 278 g/mol. The van der Waals surface area contributed by atoms with E-state index in [4.69, 9.17) is 5.73 Å². The topological polar surface area (TPSA) is 83.7 Å². The average Bonchev–Trinajstić information content (AvgIpc) is 2.38. The fourth-order valence-corrected chi connectivity index (χ4v) is 4.95. The molecule has 0 aromatic rings. The van der Waals surface area contributed by atoms with Crippen LogP contribution in [0.2, 0.25) is 0 Å². The van der Waals surface area contributed by atoms with Gasteiger partial charge < -0.3 is 5.73 Å². The molecule has 2 aliphatic heterocycles. The minimum Gasteiger partial charge on any atom is -0.370 e. The molecule has 2 aliphatic rings. The van der Waals surface area contributed by atoms with Crippen LogP contribution in [0.15, 0.2) is 0 Å². The second-order valence-corrected chi connectivity index (χ2v) is 8.05. The van der Waals surface area contributed by atoms with Crippen molar-refractivity contribution in [3.8, 4) is 0 Å². The highest BCUT2D eigenvalue weighted by atomic mass is 32.2. The van der Waals surface area contributed by atoms with Crippen LogP contribution in [-0.2, 0) is 15.0 Å². The number of rotatable bonds is 4. The zero-order chi connectivity index (χ0) is 14.8. The van der Waals surface area contributed by atoms with Gasteiger partial charge in [-0.1, -0.05) is 6.92 Å². The van der Waals surface area contributed by atoms with Gasteiger partial charge in [-0.05, 0) is 37.5 Å². The first-order chi connectivity index (χ1) is 9.39. The predicted molar refractivity (Wildman–Crippen MR) is 77.0 cm³/mol. The summed E-state index contributed by atoms with van der Waals surface area (Å²) in [5.74, 6) is 0.376. The van der Waals surface area contributed by atoms with Gasteiger partial charge in [0, 0.05) is 32.6 Å². The molecule has 7 heteroatoms. The summed E-state index contributed by atoms with van der Waals surface area (Å²) in [5, 5.41) is 0. The number of carbonyl (C=O) groups excluding carboxylic acids is 1. The summed E-state index contributed by atoms with van der Waals surface area (Å²) in [4.78, 5) is 10.9. The number of primary amides is 1. The maximum Gasteiger partial charge on any atom is 0.281 e. The van der Waals surface area contributed by atoms with E-state index < -0.39 is 10.2 Å². The lowest BCUT2D eigenvalue weighted by molar-refractivity contribution is -0.119. The van der Waals surface area contributed by atoms with E-state index in [1.165, 1.54) is 0 Å². The molecule has 0 spiro atoms. The van der Waals surface area contributed by atoms with E-state index in [9.17, 15) is 13.2 Å². The van der Waals surface area contributed by atoms with Gasteiger partial charge in [-0.25, -0.2) is 0 Å². The summed E-state index contributed by atoms with van der Waals surface area (Å²) in [5.41, 5.74) is 5.20. The Kier molecular flexibility index (Phi) is 5.04. The van der Waals surface area contributed by atoms with E-state index in [1.807, 2.05) is 0 Å². The van der Waals surface area contributed by atoms with Crippen LogP contribution in [0, 0.1) is 11.8 Å². The molecule has 0 aromatic heterocycles. The molecule has 0 bridgehead atoms. The molecule has 2 N–H and O–H groups in total. The molecule has 1 amide bonds. The van der Waals surface area contributed by atoms with Crippen LogP contribution in [0.4, 0.5) is 0 Å². The molecule has 2 fully saturated rings. The molecule has 20 heavy (non-hydrogen) atoms. The Morgan fingerprint density at radius 3 is 2.35 bits per heavy atom. The van der Waals surface area contributed by atoms with Gasteiger partial charge in [0.25, 0.3) is 10.2 Å². The normalized spacial score (nSPS) is 27.6. The fraction of sp³-hybridized carbons (Fsp3) is 0.923. The minimum absolute atomic E-state index is 0.235. The second-order valence-electron chi connectivity index (χ2n) is 6.13. The molecule has 0 saturated carbocycles. The van der Waals surface area contributed by atoms with Crippen molar-refractivity contribution in [2.45, 2.75) is 39.0 Å². The number of nitrogens with two attached hydrogens (primary N) is 1. The number of piperidine rings is 2. The van der Waals surface area contributed by atoms with Crippen LogP contribution in [0.1, 0.15) is 39.0 Å². The highest BCUT2D eigenvalue weighted by molar-refractivity contribution is 7.86. The van der Waals surface area contributed by atoms with Gasteiger partial charge in [0.2, 0.25) is 5.91 Å². The lowest BCUT2D eigenvalue weighted by Crippen LogP contribution is -2.50. The number of hydrogen-bond donors (Lipinski definition) is 1. The van der Waals surface area contributed by atoms with Crippen LogP contribution in [0.3, 0.4) is 0 Å². The van der Waals surface area contributed by atoms with Crippen molar-refractivity contribution in [3.63, 3.8) is 0 Å². The molecule has 6 nitrogen and oxygen atoms in total. The molecule has 2 saturated heterocycles. The van der Waals surface area contributed by atoms with E-state index in [0.717, 1.165) is 25.7 Å². The molecule has 0 radical (unpaired) electrons. The Morgan fingerprint density at radius 2 is 1.80 bits per heavy atom. The van der Waals surface area contributed by atoms with Gasteiger partial charge in [-0.15, -0.1) is 0 Å². The zero-order valence-corrected chi connectivity index (χ0v) is 12.9. The quantitative estimate of drug-likeness (QED) is 0.823. The molecule has 0 unspecified atom stereocenters. The van der Waals surface area contributed by atoms with Crippen LogP contribution in [0.25, 0.3) is 0 Å². The van der Waals surface area contributed by atoms with E-state index in [2.05, 4.69) is 6.92 Å². The Balaban J connectivity index is 1.93. The highest BCUT2D eigenvalue weighted by Gasteiger charge is 2.34. The average molecular weight is 303 g/mol. The number of carbonyl (C=O) groups is 1. The molecule has 2 rings (SSSR count). The largest absolute Gasteiger partial charge is 0.370 e. The molecule has 0 aliphatic carbocycles. The smallest absolute Gasteiger partial charge is 0.281 e. The first-order valence-corrected chi connectivity index (χ1v) is 8.83. The lowest BCUT2D eigenvalue weighted by atomic mass is 9.94. The molecule has 116 valence electrons. The molecule has 0 aromatic carbocycles. The zero-order valence-electron chi connectivity index (χ0n) is 12.1. The van der Waals surface area contributed by atoms with E-state index in [0.29, 0.717) is 38.5 Å². The van der Waals surface area contributed by atoms with Crippen molar-refractivity contribution >= 4 is 16.1 Å². The van der Waals surface area contributed by atoms with Gasteiger partial charge in [0.1, 0.15) is 0 Å². The third-order valence-electron chi connectivity index (χ3n) is 4.34. The Hall–Kier alpha value is -0.660. The molecule has 1 atom stereocenters. The van der Waals surface area contributed by atoms with Gasteiger partial charge >= 0.3 is 0 Å². The van der Waals surface area contributed by atoms with E-state index in [-0.39, 0.29) is 11.8 Å². The molecular formula is C13H25N3O3S. The van der Waals surface area contributed by atoms with Crippen LogP contribution >= 0.6 is 0 Å². The third kappa shape index (κ3) is 3.71. The van der Waals surface area contributed by atoms with Gasteiger partial charge in [0.15, 0.2) is 0 Å². The maximum atomic E-state index is 12.6. The second kappa shape index (κ2) is 6.41. The Morgan fingerprint density at radius 1 is 1.15 bits per heavy atom. The Bertz CT molecular complexity index is 444. The SMILES string of the molecule is C[C@H]1CCCN(S(=O)(=O)N2CCC(CC(N)=O)CC2)C1. The first kappa shape index (κ1) is 15.7. The van der Waals surface area contributed by atoms with Gasteiger partial charge in [-0.3, -0.25) is 4.79 Å². The standard InChI is InChI=1S/C13H25N3O3S/c1-11-3-2-6-16(10-11)20(18,19)15-7-4-12(5-8-15)9-13(14)17/h11-12H,2-10H2,1H3,(H2,14,17)/t11-/m0/s1. The van der Waals surface area contributed by atoms with Crippen molar-refractivity contribution in [3.05, 3.63) is 0 Å². The van der Waals surface area contributed by atoms with Gasteiger partial charge in [-0.2, -0.15) is 17.0 Å². The third-order valence-corrected chi connectivity index (χ3v) is 6.34. The summed E-state index contributed by atoms with van der Waals surface area (Å²) >= 11 is 0. The summed E-state index contributed by atoms with van der Waals surface area (Å²) in [7, 11) is -3.32. The van der Waals surface area contributed by atoms with E-state index >= 15 is 0 Å². The number of amides is 1. The van der Waals surface area contributed by atoms with Crippen molar-refractivity contribution < 1.29 is 13.2 Å². The molecule has 2 heterocycles. The number of hydrogen-bond acceptors (Lipinski definition) is 3. The highest BCUT2D eigenvalue weighted by Crippen LogP contribution is 2.26. The first-order valence-electron chi connectivity index (χ1n) is 7.43. The van der Waals surface area contributed by atoms with Gasteiger partial charge in [0.05, 0.1) is 0 Å². The summed E-state index contributed by atoms with van der Waals surface area (Å²) in [6, 6.07) is 0. The minimum atomic E-state index is -3.32. The summed E-state index contributed by atoms with van der Waals surface area (Å²) in [6.07, 6.45) is 3.87. The van der Waals surface area contributed by atoms with Crippen molar-refractivity contribution in [1.82, 2.24) is 8.61 Å². The Labute approximate surface area is 121 Å².